The van der Waals surface area contributed by atoms with Gasteiger partial charge in [0, 0.05) is 18.7 Å². The molecular formula is C14H24F2N2OSi. The Morgan fingerprint density at radius 1 is 1.20 bits per heavy atom. The van der Waals surface area contributed by atoms with Crippen LogP contribution in [-0.2, 0) is 4.43 Å². The average Bonchev–Trinajstić information content (AvgIpc) is 2.29. The Labute approximate surface area is 120 Å². The van der Waals surface area contributed by atoms with Crippen molar-refractivity contribution >= 4 is 19.7 Å². The topological polar surface area (TPSA) is 47.3 Å². The van der Waals surface area contributed by atoms with Crippen LogP contribution in [0.4, 0.5) is 20.2 Å². The summed E-state index contributed by atoms with van der Waals surface area (Å²) in [6, 6.07) is 2.05. The first-order valence-corrected chi connectivity index (χ1v) is 9.58. The Hall–Kier alpha value is -1.14. The number of nitrogens with one attached hydrogen (secondary N) is 1. The second-order valence-electron chi connectivity index (χ2n) is 6.39. The maximum atomic E-state index is 13.1. The quantitative estimate of drug-likeness (QED) is 0.491. The average molecular weight is 302 g/mol. The molecule has 114 valence electrons. The minimum atomic E-state index is -1.78. The molecule has 0 fully saturated rings. The fraction of sp³-hybridized carbons (Fsp3) is 0.571. The van der Waals surface area contributed by atoms with E-state index in [-0.39, 0.29) is 10.7 Å². The summed E-state index contributed by atoms with van der Waals surface area (Å²) in [5.74, 6) is -1.85. The third-order valence-electron chi connectivity index (χ3n) is 3.78. The number of hydrogen-bond acceptors (Lipinski definition) is 3. The molecule has 20 heavy (non-hydrogen) atoms. The van der Waals surface area contributed by atoms with E-state index < -0.39 is 20.0 Å². The minimum Gasteiger partial charge on any atom is -0.415 e. The lowest BCUT2D eigenvalue weighted by molar-refractivity contribution is 0.301. The molecule has 0 amide bonds. The standard InChI is InChI=1S/C14H24F2N2OSi/c1-14(2,3)20(4,5)19-7-6-18-13-9-11(16)10(15)8-12(13)17/h8-9,18H,6-7,17H2,1-5H3. The minimum absolute atomic E-state index is 0.147. The van der Waals surface area contributed by atoms with Gasteiger partial charge in [-0.3, -0.25) is 0 Å². The first-order chi connectivity index (χ1) is 9.04. The number of rotatable bonds is 5. The third kappa shape index (κ3) is 4.18. The summed E-state index contributed by atoms with van der Waals surface area (Å²) in [4.78, 5) is 0. The monoisotopic (exact) mass is 302 g/mol. The van der Waals surface area contributed by atoms with Gasteiger partial charge in [-0.05, 0) is 18.1 Å². The van der Waals surface area contributed by atoms with Crippen LogP contribution in [0.3, 0.4) is 0 Å². The van der Waals surface area contributed by atoms with Crippen molar-refractivity contribution in [3.8, 4) is 0 Å². The van der Waals surface area contributed by atoms with E-state index in [4.69, 9.17) is 10.2 Å². The fourth-order valence-electron chi connectivity index (χ4n) is 1.42. The smallest absolute Gasteiger partial charge is 0.192 e. The van der Waals surface area contributed by atoms with Gasteiger partial charge >= 0.3 is 0 Å². The Kier molecular flexibility index (Phi) is 5.15. The van der Waals surface area contributed by atoms with E-state index >= 15 is 0 Å². The first-order valence-electron chi connectivity index (χ1n) is 6.67. The summed E-state index contributed by atoms with van der Waals surface area (Å²) in [5.41, 5.74) is 6.21. The van der Waals surface area contributed by atoms with Gasteiger partial charge in [0.2, 0.25) is 0 Å². The zero-order valence-corrected chi connectivity index (χ0v) is 13.8. The summed E-state index contributed by atoms with van der Waals surface area (Å²) in [6.45, 7) is 11.8. The molecule has 1 rings (SSSR count). The molecule has 0 saturated heterocycles. The van der Waals surface area contributed by atoms with Crippen LogP contribution in [0.2, 0.25) is 18.1 Å². The van der Waals surface area contributed by atoms with Gasteiger partial charge < -0.3 is 15.5 Å². The van der Waals surface area contributed by atoms with Crippen molar-refractivity contribution in [3.63, 3.8) is 0 Å². The molecule has 0 aliphatic carbocycles. The summed E-state index contributed by atoms with van der Waals surface area (Å²) in [7, 11) is -1.78. The molecule has 1 aromatic carbocycles. The molecule has 1 aromatic rings. The highest BCUT2D eigenvalue weighted by Gasteiger charge is 2.36. The molecule has 3 N–H and O–H groups in total. The summed E-state index contributed by atoms with van der Waals surface area (Å²) in [6.07, 6.45) is 0. The molecule has 0 unspecified atom stereocenters. The summed E-state index contributed by atoms with van der Waals surface area (Å²) in [5, 5.41) is 3.12. The maximum absolute atomic E-state index is 13.1. The molecule has 6 heteroatoms. The van der Waals surface area contributed by atoms with Crippen molar-refractivity contribution in [1.29, 1.82) is 0 Å². The van der Waals surface area contributed by atoms with Crippen molar-refractivity contribution in [2.75, 3.05) is 24.2 Å². The molecule has 0 radical (unpaired) electrons. The molecule has 3 nitrogen and oxygen atoms in total. The van der Waals surface area contributed by atoms with Crippen LogP contribution >= 0.6 is 0 Å². The van der Waals surface area contributed by atoms with E-state index in [1.54, 1.807) is 0 Å². The number of benzene rings is 1. The molecule has 0 aromatic heterocycles. The van der Waals surface area contributed by atoms with Crippen molar-refractivity contribution in [2.24, 2.45) is 0 Å². The second-order valence-corrected chi connectivity index (χ2v) is 11.2. The molecule has 0 heterocycles. The first kappa shape index (κ1) is 16.9. The second kappa shape index (κ2) is 6.09. The molecule has 0 spiro atoms. The lowest BCUT2D eigenvalue weighted by Gasteiger charge is -2.36. The number of anilines is 2. The lowest BCUT2D eigenvalue weighted by atomic mass is 10.2. The Morgan fingerprint density at radius 2 is 1.75 bits per heavy atom. The zero-order valence-electron chi connectivity index (χ0n) is 12.8. The van der Waals surface area contributed by atoms with Crippen molar-refractivity contribution in [2.45, 2.75) is 38.9 Å². The van der Waals surface area contributed by atoms with Gasteiger partial charge in [-0.25, -0.2) is 8.78 Å². The van der Waals surface area contributed by atoms with Gasteiger partial charge in [0.15, 0.2) is 20.0 Å². The van der Waals surface area contributed by atoms with Crippen LogP contribution in [0.1, 0.15) is 20.8 Å². The van der Waals surface area contributed by atoms with Crippen molar-refractivity contribution in [1.82, 2.24) is 0 Å². The number of nitrogens with two attached hydrogens (primary N) is 1. The molecule has 0 aliphatic heterocycles. The number of nitrogen functional groups attached to an aromatic ring is 1. The normalized spacial score (nSPS) is 12.6. The van der Waals surface area contributed by atoms with Gasteiger partial charge in [-0.2, -0.15) is 0 Å². The van der Waals surface area contributed by atoms with E-state index in [0.29, 0.717) is 18.8 Å². The van der Waals surface area contributed by atoms with Gasteiger partial charge in [-0.15, -0.1) is 0 Å². The van der Waals surface area contributed by atoms with Crippen LogP contribution in [-0.4, -0.2) is 21.5 Å². The van der Waals surface area contributed by atoms with E-state index in [9.17, 15) is 8.78 Å². The molecule has 0 bridgehead atoms. The largest absolute Gasteiger partial charge is 0.415 e. The van der Waals surface area contributed by atoms with Crippen LogP contribution in [0.15, 0.2) is 12.1 Å². The highest BCUT2D eigenvalue weighted by molar-refractivity contribution is 6.74. The third-order valence-corrected chi connectivity index (χ3v) is 8.32. The lowest BCUT2D eigenvalue weighted by Crippen LogP contribution is -2.41. The Balaban J connectivity index is 2.52. The summed E-state index contributed by atoms with van der Waals surface area (Å²) >= 11 is 0. The van der Waals surface area contributed by atoms with Gasteiger partial charge in [0.05, 0.1) is 18.0 Å². The van der Waals surface area contributed by atoms with Crippen LogP contribution < -0.4 is 11.1 Å². The van der Waals surface area contributed by atoms with Crippen LogP contribution in [0.5, 0.6) is 0 Å². The maximum Gasteiger partial charge on any atom is 0.192 e. The highest BCUT2D eigenvalue weighted by atomic mass is 28.4. The van der Waals surface area contributed by atoms with Crippen LogP contribution in [0.25, 0.3) is 0 Å². The molecular weight excluding hydrogens is 278 g/mol. The predicted octanol–water partition coefficient (Wildman–Crippen LogP) is 3.98. The van der Waals surface area contributed by atoms with E-state index in [0.717, 1.165) is 12.1 Å². The number of hydrogen-bond donors (Lipinski definition) is 2. The Bertz CT molecular complexity index is 473. The van der Waals surface area contributed by atoms with Gasteiger partial charge in [0.1, 0.15) is 0 Å². The van der Waals surface area contributed by atoms with Gasteiger partial charge in [-0.1, -0.05) is 20.8 Å². The Morgan fingerprint density at radius 3 is 2.30 bits per heavy atom. The predicted molar refractivity (Wildman–Crippen MR) is 82.4 cm³/mol. The summed E-state index contributed by atoms with van der Waals surface area (Å²) < 4.78 is 32.0. The zero-order chi connectivity index (χ0) is 15.6. The SMILES string of the molecule is CC(C)(C)[Si](C)(C)OCCNc1cc(F)c(F)cc1N. The van der Waals surface area contributed by atoms with E-state index in [1.165, 1.54) is 0 Å². The fourth-order valence-corrected chi connectivity index (χ4v) is 2.47. The highest BCUT2D eigenvalue weighted by Crippen LogP contribution is 2.36. The molecule has 0 aliphatic rings. The van der Waals surface area contributed by atoms with E-state index in [1.807, 2.05) is 0 Å². The van der Waals surface area contributed by atoms with Crippen LogP contribution in [0, 0.1) is 11.6 Å². The van der Waals surface area contributed by atoms with Gasteiger partial charge in [0.25, 0.3) is 0 Å². The number of halogens is 2. The van der Waals surface area contributed by atoms with Crippen molar-refractivity contribution in [3.05, 3.63) is 23.8 Å². The van der Waals surface area contributed by atoms with E-state index in [2.05, 4.69) is 39.2 Å². The molecule has 0 atom stereocenters. The van der Waals surface area contributed by atoms with Crippen molar-refractivity contribution < 1.29 is 13.2 Å². The molecule has 0 saturated carbocycles.